The van der Waals surface area contributed by atoms with Crippen molar-refractivity contribution in [3.05, 3.63) is 94.6 Å². The zero-order chi connectivity index (χ0) is 34.1. The molecular formula is C39H48F3N3O3. The minimum absolute atomic E-state index is 0.0333. The fourth-order valence-electron chi connectivity index (χ4n) is 8.27. The van der Waals surface area contributed by atoms with Crippen LogP contribution >= 0.6 is 0 Å². The van der Waals surface area contributed by atoms with Crippen molar-refractivity contribution in [1.82, 2.24) is 9.80 Å². The third-order valence-corrected chi connectivity index (χ3v) is 10.6. The van der Waals surface area contributed by atoms with Crippen LogP contribution in [0.1, 0.15) is 81.2 Å². The van der Waals surface area contributed by atoms with Gasteiger partial charge in [0.05, 0.1) is 12.6 Å². The molecule has 3 heterocycles. The lowest BCUT2D eigenvalue weighted by molar-refractivity contribution is -0.139. The molecule has 1 N–H and O–H groups in total. The summed E-state index contributed by atoms with van der Waals surface area (Å²) in [7, 11) is 0. The van der Waals surface area contributed by atoms with Crippen molar-refractivity contribution >= 4 is 11.7 Å². The number of nitrogens with zero attached hydrogens (tertiary/aromatic N) is 3. The van der Waals surface area contributed by atoms with E-state index in [1.807, 2.05) is 70.2 Å². The van der Waals surface area contributed by atoms with Crippen molar-refractivity contribution in [1.29, 1.82) is 0 Å². The Morgan fingerprint density at radius 3 is 2.35 bits per heavy atom. The van der Waals surface area contributed by atoms with Crippen LogP contribution in [0, 0.1) is 17.0 Å². The number of alkyl halides is 1. The van der Waals surface area contributed by atoms with Gasteiger partial charge < -0.3 is 14.7 Å². The molecule has 2 fully saturated rings. The van der Waals surface area contributed by atoms with Crippen LogP contribution in [-0.2, 0) is 17.8 Å². The predicted octanol–water partition coefficient (Wildman–Crippen LogP) is 7.79. The smallest absolute Gasteiger partial charge is 0.317 e. The lowest BCUT2D eigenvalue weighted by Gasteiger charge is -2.48. The van der Waals surface area contributed by atoms with Gasteiger partial charge >= 0.3 is 5.97 Å². The van der Waals surface area contributed by atoms with Gasteiger partial charge in [-0.3, -0.25) is 14.6 Å². The van der Waals surface area contributed by atoms with Gasteiger partial charge in [0, 0.05) is 43.5 Å². The van der Waals surface area contributed by atoms with E-state index in [2.05, 4.69) is 0 Å². The molecule has 0 aliphatic carbocycles. The average Bonchev–Trinajstić information content (AvgIpc) is 3.04. The first kappa shape index (κ1) is 34.3. The number of carboxylic acids is 1. The summed E-state index contributed by atoms with van der Waals surface area (Å²) >= 11 is 0. The van der Waals surface area contributed by atoms with Crippen molar-refractivity contribution in [2.24, 2.45) is 5.41 Å². The van der Waals surface area contributed by atoms with Gasteiger partial charge in [-0.2, -0.15) is 0 Å². The number of halogens is 3. The van der Waals surface area contributed by atoms with Crippen LogP contribution < -0.4 is 9.64 Å². The Labute approximate surface area is 282 Å². The molecule has 0 amide bonds. The maximum Gasteiger partial charge on any atom is 0.317 e. The quantitative estimate of drug-likeness (QED) is 0.239. The zero-order valence-corrected chi connectivity index (χ0v) is 28.4. The lowest BCUT2D eigenvalue weighted by Crippen LogP contribution is -2.50. The third kappa shape index (κ3) is 7.68. The molecule has 0 bridgehead atoms. The molecule has 0 radical (unpaired) electrons. The van der Waals surface area contributed by atoms with Gasteiger partial charge in [-0.05, 0) is 105 Å². The van der Waals surface area contributed by atoms with Crippen molar-refractivity contribution in [2.45, 2.75) is 83.7 Å². The van der Waals surface area contributed by atoms with Crippen molar-refractivity contribution < 1.29 is 27.8 Å². The molecule has 6 rings (SSSR count). The summed E-state index contributed by atoms with van der Waals surface area (Å²) in [4.78, 5) is 17.3. The molecule has 3 aromatic carbocycles. The lowest BCUT2D eigenvalue weighted by atomic mass is 9.72. The van der Waals surface area contributed by atoms with E-state index in [4.69, 9.17) is 4.74 Å². The van der Waals surface area contributed by atoms with E-state index >= 15 is 13.2 Å². The summed E-state index contributed by atoms with van der Waals surface area (Å²) in [5.41, 5.74) is 1.69. The number of aliphatic carboxylic acids is 1. The number of fused-ring (bicyclic) bond motifs is 1. The second-order valence-electron chi connectivity index (χ2n) is 14.7. The summed E-state index contributed by atoms with van der Waals surface area (Å²) in [6, 6.07) is 17.6. The normalized spacial score (nSPS) is 21.7. The second-order valence-corrected chi connectivity index (χ2v) is 14.7. The van der Waals surface area contributed by atoms with Gasteiger partial charge in [-0.25, -0.2) is 13.2 Å². The number of anilines is 1. The van der Waals surface area contributed by atoms with Gasteiger partial charge in [-0.1, -0.05) is 43.3 Å². The van der Waals surface area contributed by atoms with E-state index < -0.39 is 29.3 Å². The highest BCUT2D eigenvalue weighted by atomic mass is 19.1. The number of hydrogen-bond acceptors (Lipinski definition) is 5. The molecule has 258 valence electrons. The number of carboxylic acid groups (broad SMARTS) is 1. The summed E-state index contributed by atoms with van der Waals surface area (Å²) in [5.74, 6) is -1.38. The van der Waals surface area contributed by atoms with E-state index in [0.717, 1.165) is 55.5 Å². The summed E-state index contributed by atoms with van der Waals surface area (Å²) in [5, 5.41) is 9.29. The molecule has 0 aromatic heterocycles. The highest BCUT2D eigenvalue weighted by Gasteiger charge is 2.42. The van der Waals surface area contributed by atoms with Gasteiger partial charge in [0.25, 0.3) is 0 Å². The number of benzene rings is 3. The van der Waals surface area contributed by atoms with Crippen LogP contribution in [0.25, 0.3) is 0 Å². The number of hydrogen-bond donors (Lipinski definition) is 1. The van der Waals surface area contributed by atoms with E-state index in [9.17, 15) is 9.90 Å². The molecule has 3 aliphatic heterocycles. The maximum absolute atomic E-state index is 16.4. The van der Waals surface area contributed by atoms with Crippen molar-refractivity contribution in [2.75, 3.05) is 44.2 Å². The van der Waals surface area contributed by atoms with E-state index in [-0.39, 0.29) is 30.1 Å². The summed E-state index contributed by atoms with van der Waals surface area (Å²) in [6.45, 7) is 8.39. The molecular weight excluding hydrogens is 615 g/mol. The largest absolute Gasteiger partial charge is 0.489 e. The van der Waals surface area contributed by atoms with Crippen LogP contribution in [0.3, 0.4) is 0 Å². The third-order valence-electron chi connectivity index (χ3n) is 10.6. The molecule has 1 unspecified atom stereocenters. The van der Waals surface area contributed by atoms with Gasteiger partial charge in [0.1, 0.15) is 29.7 Å². The van der Waals surface area contributed by atoms with Gasteiger partial charge in [0.2, 0.25) is 0 Å². The molecule has 3 aromatic rings. The minimum Gasteiger partial charge on any atom is -0.489 e. The second kappa shape index (κ2) is 14.1. The SMILES string of the molecule is CC[C@@H]1Cc2cc(OCc3ccccc3)ccc2C(c2c(F)cc(N3CCC4(CCCN(CC(=O)O)C4)CC3)cc2F)N1CC(C)(C)F. The van der Waals surface area contributed by atoms with E-state index in [1.54, 1.807) is 0 Å². The Bertz CT molecular complexity index is 1560. The maximum atomic E-state index is 16.4. The zero-order valence-electron chi connectivity index (χ0n) is 28.4. The molecule has 2 atom stereocenters. The Kier molecular flexibility index (Phi) is 10.1. The highest BCUT2D eigenvalue weighted by molar-refractivity contribution is 5.69. The highest BCUT2D eigenvalue weighted by Crippen LogP contribution is 2.45. The summed E-state index contributed by atoms with van der Waals surface area (Å²) < 4.78 is 54.3. The molecule has 6 nitrogen and oxygen atoms in total. The number of rotatable bonds is 10. The number of ether oxygens (including phenoxy) is 1. The first-order chi connectivity index (χ1) is 22.9. The minimum atomic E-state index is -1.57. The molecule has 48 heavy (non-hydrogen) atoms. The van der Waals surface area contributed by atoms with Crippen LogP contribution in [0.15, 0.2) is 60.7 Å². The Morgan fingerprint density at radius 2 is 1.71 bits per heavy atom. The first-order valence-electron chi connectivity index (χ1n) is 17.4. The standard InChI is InChI=1S/C39H48F3N3O3/c1-4-29-19-28-20-31(48-24-27-9-6-5-7-10-27)11-12-32(28)37(45(29)25-38(2,3)42)36-33(40)21-30(22-34(36)41)44-17-14-39(15-18-44)13-8-16-43(26-39)23-35(46)47/h5-7,9-12,20-22,29,37H,4,8,13-19,23-26H2,1-3H3,(H,46,47)/t29-,37?/m1/s1. The monoisotopic (exact) mass is 663 g/mol. The van der Waals surface area contributed by atoms with E-state index in [1.165, 1.54) is 26.0 Å². The molecule has 9 heteroatoms. The Morgan fingerprint density at radius 1 is 1.00 bits per heavy atom. The Balaban J connectivity index is 1.27. The van der Waals surface area contributed by atoms with Crippen LogP contribution in [0.2, 0.25) is 0 Å². The van der Waals surface area contributed by atoms with Gasteiger partial charge in [0.15, 0.2) is 0 Å². The molecule has 0 saturated carbocycles. The molecule has 2 saturated heterocycles. The predicted molar refractivity (Wildman–Crippen MR) is 182 cm³/mol. The van der Waals surface area contributed by atoms with Crippen LogP contribution in [-0.4, -0.2) is 71.9 Å². The van der Waals surface area contributed by atoms with Crippen LogP contribution in [0.4, 0.5) is 18.9 Å². The number of likely N-dealkylation sites (tertiary alicyclic amines) is 1. The first-order valence-corrected chi connectivity index (χ1v) is 17.4. The van der Waals surface area contributed by atoms with Gasteiger partial charge in [-0.15, -0.1) is 0 Å². The topological polar surface area (TPSA) is 56.3 Å². The fraction of sp³-hybridized carbons (Fsp3) is 0.513. The Hall–Kier alpha value is -3.56. The average molecular weight is 664 g/mol. The summed E-state index contributed by atoms with van der Waals surface area (Å²) in [6.07, 6.45) is 5.01. The number of carbonyl (C=O) groups is 1. The van der Waals surface area contributed by atoms with E-state index in [0.29, 0.717) is 44.0 Å². The number of piperidine rings is 2. The van der Waals surface area contributed by atoms with Crippen molar-refractivity contribution in [3.63, 3.8) is 0 Å². The molecule has 3 aliphatic rings. The van der Waals surface area contributed by atoms with Crippen molar-refractivity contribution in [3.8, 4) is 5.75 Å². The fourth-order valence-corrected chi connectivity index (χ4v) is 8.27. The molecule has 1 spiro atoms. The van der Waals surface area contributed by atoms with Crippen LogP contribution in [0.5, 0.6) is 5.75 Å².